The Labute approximate surface area is 109 Å². The third-order valence-electron chi connectivity index (χ3n) is 3.20. The van der Waals surface area contributed by atoms with E-state index in [4.69, 9.17) is 5.11 Å². The maximum Gasteiger partial charge on any atom is 0.363 e. The van der Waals surface area contributed by atoms with Crippen molar-refractivity contribution in [3.05, 3.63) is 22.0 Å². The van der Waals surface area contributed by atoms with Crippen LogP contribution in [0.15, 0.2) is 6.20 Å². The van der Waals surface area contributed by atoms with Crippen molar-refractivity contribution >= 4 is 11.7 Å². The molecular formula is C11H16N4O4. The van der Waals surface area contributed by atoms with E-state index in [2.05, 4.69) is 10.00 Å². The van der Waals surface area contributed by atoms with Crippen molar-refractivity contribution in [3.63, 3.8) is 0 Å². The molecule has 1 aliphatic heterocycles. The van der Waals surface area contributed by atoms with E-state index in [-0.39, 0.29) is 0 Å². The Morgan fingerprint density at radius 2 is 2.11 bits per heavy atom. The van der Waals surface area contributed by atoms with Gasteiger partial charge in [0, 0.05) is 6.54 Å². The number of carbonyl (C=O) groups is 1. The first-order chi connectivity index (χ1) is 9.08. The Hall–Kier alpha value is -1.96. The second kappa shape index (κ2) is 5.79. The third kappa shape index (κ3) is 3.28. The van der Waals surface area contributed by atoms with E-state index in [9.17, 15) is 14.9 Å². The molecule has 1 aromatic rings. The molecule has 1 fully saturated rings. The van der Waals surface area contributed by atoms with Gasteiger partial charge in [-0.25, -0.2) is 4.79 Å². The van der Waals surface area contributed by atoms with E-state index < -0.39 is 22.3 Å². The Bertz CT molecular complexity index is 448. The average Bonchev–Trinajstić information content (AvgIpc) is 2.97. The van der Waals surface area contributed by atoms with Gasteiger partial charge in [0.1, 0.15) is 6.20 Å². The number of nitro groups is 1. The molecule has 0 spiro atoms. The van der Waals surface area contributed by atoms with Crippen molar-refractivity contribution in [3.8, 4) is 0 Å². The Morgan fingerprint density at radius 3 is 2.63 bits per heavy atom. The van der Waals surface area contributed by atoms with Crippen molar-refractivity contribution < 1.29 is 14.8 Å². The van der Waals surface area contributed by atoms with Gasteiger partial charge in [-0.05, 0) is 38.9 Å². The molecule has 1 saturated heterocycles. The zero-order chi connectivity index (χ0) is 13.8. The maximum atomic E-state index is 10.8. The van der Waals surface area contributed by atoms with Gasteiger partial charge in [0.2, 0.25) is 5.69 Å². The molecule has 2 heterocycles. The van der Waals surface area contributed by atoms with Crippen molar-refractivity contribution in [1.29, 1.82) is 0 Å². The number of carboxylic acid groups (broad SMARTS) is 1. The smallest absolute Gasteiger partial charge is 0.363 e. The zero-order valence-electron chi connectivity index (χ0n) is 10.5. The minimum atomic E-state index is -1.37. The van der Waals surface area contributed by atoms with Crippen LogP contribution in [-0.2, 0) is 6.54 Å². The highest BCUT2D eigenvalue weighted by atomic mass is 16.6. The average molecular weight is 268 g/mol. The summed E-state index contributed by atoms with van der Waals surface area (Å²) in [7, 11) is 0. The number of aromatic nitrogens is 2. The SMILES string of the molecule is O=C(O)c1nn(CCCN2CCCC2)cc1[N+](=O)[O-]. The lowest BCUT2D eigenvalue weighted by atomic mass is 10.4. The van der Waals surface area contributed by atoms with E-state index in [1.54, 1.807) is 0 Å². The van der Waals surface area contributed by atoms with Crippen molar-refractivity contribution in [2.75, 3.05) is 19.6 Å². The first-order valence-corrected chi connectivity index (χ1v) is 6.25. The molecule has 0 saturated carbocycles. The topological polar surface area (TPSA) is 102 Å². The van der Waals surface area contributed by atoms with Crippen LogP contribution in [0.1, 0.15) is 29.8 Å². The largest absolute Gasteiger partial charge is 0.476 e. The fourth-order valence-corrected chi connectivity index (χ4v) is 2.27. The monoisotopic (exact) mass is 268 g/mol. The molecule has 0 aromatic carbocycles. The fraction of sp³-hybridized carbons (Fsp3) is 0.636. The van der Waals surface area contributed by atoms with Crippen LogP contribution in [0.3, 0.4) is 0 Å². The summed E-state index contributed by atoms with van der Waals surface area (Å²) in [5.41, 5.74) is -0.945. The number of rotatable bonds is 6. The molecule has 0 aliphatic carbocycles. The summed E-state index contributed by atoms with van der Waals surface area (Å²) >= 11 is 0. The first-order valence-electron chi connectivity index (χ1n) is 6.25. The summed E-state index contributed by atoms with van der Waals surface area (Å²) in [5, 5.41) is 23.3. The van der Waals surface area contributed by atoms with Gasteiger partial charge < -0.3 is 10.0 Å². The van der Waals surface area contributed by atoms with E-state index in [0.717, 1.165) is 26.1 Å². The molecule has 1 N–H and O–H groups in total. The molecule has 8 heteroatoms. The van der Waals surface area contributed by atoms with Crippen LogP contribution in [0.2, 0.25) is 0 Å². The number of hydrogen-bond donors (Lipinski definition) is 1. The van der Waals surface area contributed by atoms with Crippen LogP contribution in [0.4, 0.5) is 5.69 Å². The fourth-order valence-electron chi connectivity index (χ4n) is 2.27. The summed E-state index contributed by atoms with van der Waals surface area (Å²) in [5.74, 6) is -1.37. The molecule has 0 amide bonds. The number of likely N-dealkylation sites (tertiary alicyclic amines) is 1. The molecule has 2 rings (SSSR count). The van der Waals surface area contributed by atoms with Gasteiger partial charge in [-0.1, -0.05) is 0 Å². The standard InChI is InChI=1S/C11H16N4O4/c16-11(17)10-9(15(18)19)8-14(12-10)7-3-6-13-4-1-2-5-13/h8H,1-7H2,(H,16,17). The van der Waals surface area contributed by atoms with Gasteiger partial charge in [-0.3, -0.25) is 14.8 Å². The Morgan fingerprint density at radius 1 is 1.42 bits per heavy atom. The maximum absolute atomic E-state index is 10.8. The number of aryl methyl sites for hydroxylation is 1. The highest BCUT2D eigenvalue weighted by molar-refractivity contribution is 5.89. The van der Waals surface area contributed by atoms with E-state index in [1.165, 1.54) is 23.7 Å². The number of nitrogens with zero attached hydrogens (tertiary/aromatic N) is 4. The lowest BCUT2D eigenvalue weighted by Gasteiger charge is -2.13. The number of hydrogen-bond acceptors (Lipinski definition) is 5. The predicted molar refractivity (Wildman–Crippen MR) is 66.1 cm³/mol. The molecule has 8 nitrogen and oxygen atoms in total. The Balaban J connectivity index is 1.94. The minimum Gasteiger partial charge on any atom is -0.476 e. The van der Waals surface area contributed by atoms with Gasteiger partial charge in [0.25, 0.3) is 0 Å². The molecule has 1 aromatic heterocycles. The zero-order valence-corrected chi connectivity index (χ0v) is 10.5. The van der Waals surface area contributed by atoms with Gasteiger partial charge >= 0.3 is 11.7 Å². The lowest BCUT2D eigenvalue weighted by molar-refractivity contribution is -0.385. The molecule has 19 heavy (non-hydrogen) atoms. The van der Waals surface area contributed by atoms with Gasteiger partial charge in [-0.15, -0.1) is 0 Å². The van der Waals surface area contributed by atoms with Gasteiger partial charge in [0.05, 0.1) is 4.92 Å². The highest BCUT2D eigenvalue weighted by Crippen LogP contribution is 2.17. The molecule has 104 valence electrons. The highest BCUT2D eigenvalue weighted by Gasteiger charge is 2.25. The molecule has 0 unspecified atom stereocenters. The molecule has 0 radical (unpaired) electrons. The minimum absolute atomic E-state index is 0.450. The third-order valence-corrected chi connectivity index (χ3v) is 3.20. The molecule has 0 atom stereocenters. The molecule has 0 bridgehead atoms. The van der Waals surface area contributed by atoms with Crippen molar-refractivity contribution in [2.45, 2.75) is 25.8 Å². The van der Waals surface area contributed by atoms with Crippen LogP contribution in [-0.4, -0.2) is 50.3 Å². The number of aromatic carboxylic acids is 1. The normalized spacial score (nSPS) is 15.8. The van der Waals surface area contributed by atoms with Crippen LogP contribution < -0.4 is 0 Å². The van der Waals surface area contributed by atoms with Gasteiger partial charge in [0.15, 0.2) is 0 Å². The molecular weight excluding hydrogens is 252 g/mol. The van der Waals surface area contributed by atoms with Crippen LogP contribution in [0.25, 0.3) is 0 Å². The number of carboxylic acids is 1. The van der Waals surface area contributed by atoms with E-state index in [0.29, 0.717) is 6.54 Å². The summed E-state index contributed by atoms with van der Waals surface area (Å²) in [6.07, 6.45) is 4.43. The van der Waals surface area contributed by atoms with Gasteiger partial charge in [-0.2, -0.15) is 5.10 Å². The van der Waals surface area contributed by atoms with Crippen molar-refractivity contribution in [2.24, 2.45) is 0 Å². The lowest BCUT2D eigenvalue weighted by Crippen LogP contribution is -2.21. The summed E-state index contributed by atoms with van der Waals surface area (Å²) in [6, 6.07) is 0. The predicted octanol–water partition coefficient (Wildman–Crippen LogP) is 0.975. The van der Waals surface area contributed by atoms with E-state index in [1.807, 2.05) is 0 Å². The second-order valence-corrected chi connectivity index (χ2v) is 4.59. The second-order valence-electron chi connectivity index (χ2n) is 4.59. The van der Waals surface area contributed by atoms with Crippen molar-refractivity contribution in [1.82, 2.24) is 14.7 Å². The van der Waals surface area contributed by atoms with E-state index >= 15 is 0 Å². The van der Waals surface area contributed by atoms with Crippen LogP contribution >= 0.6 is 0 Å². The van der Waals surface area contributed by atoms with Crippen LogP contribution in [0, 0.1) is 10.1 Å². The van der Waals surface area contributed by atoms with Crippen LogP contribution in [0.5, 0.6) is 0 Å². The Kier molecular flexibility index (Phi) is 4.10. The quantitative estimate of drug-likeness (QED) is 0.609. The first kappa shape index (κ1) is 13.5. The summed E-state index contributed by atoms with van der Waals surface area (Å²) < 4.78 is 1.34. The molecule has 1 aliphatic rings. The summed E-state index contributed by atoms with van der Waals surface area (Å²) in [6.45, 7) is 3.60. The summed E-state index contributed by atoms with van der Waals surface area (Å²) in [4.78, 5) is 23.2.